The van der Waals surface area contributed by atoms with Crippen molar-refractivity contribution in [2.45, 2.75) is 32.2 Å². The molecule has 0 spiro atoms. The smallest absolute Gasteiger partial charge is 0.261 e. The quantitative estimate of drug-likeness (QED) is 0.819. The first-order chi connectivity index (χ1) is 12.0. The first kappa shape index (κ1) is 17.1. The van der Waals surface area contributed by atoms with Gasteiger partial charge in [0.05, 0.1) is 11.1 Å². The molecule has 1 saturated heterocycles. The van der Waals surface area contributed by atoms with Gasteiger partial charge in [0.15, 0.2) is 0 Å². The summed E-state index contributed by atoms with van der Waals surface area (Å²) >= 11 is 0. The number of amides is 4. The van der Waals surface area contributed by atoms with E-state index in [1.165, 1.54) is 0 Å². The highest BCUT2D eigenvalue weighted by Crippen LogP contribution is 2.22. The van der Waals surface area contributed by atoms with Crippen molar-refractivity contribution in [3.8, 4) is 0 Å². The number of benzene rings is 1. The molecule has 0 atom stereocenters. The SMILES string of the molecule is CC(=O)N1CCC(NC(=O)CCN2C(=O)c3ccccc3C2=O)CC1. The highest BCUT2D eigenvalue weighted by molar-refractivity contribution is 6.21. The zero-order chi connectivity index (χ0) is 18.0. The van der Waals surface area contributed by atoms with Crippen molar-refractivity contribution in [3.05, 3.63) is 35.4 Å². The van der Waals surface area contributed by atoms with Gasteiger partial charge in [0.25, 0.3) is 11.8 Å². The molecule has 0 radical (unpaired) electrons. The predicted octanol–water partition coefficient (Wildman–Crippen LogP) is 0.800. The number of hydrogen-bond donors (Lipinski definition) is 1. The maximum atomic E-state index is 12.2. The molecule has 2 heterocycles. The third kappa shape index (κ3) is 3.55. The number of carbonyl (C=O) groups excluding carboxylic acids is 4. The Bertz CT molecular complexity index is 688. The lowest BCUT2D eigenvalue weighted by atomic mass is 10.0. The number of rotatable bonds is 4. The van der Waals surface area contributed by atoms with E-state index in [0.717, 1.165) is 17.7 Å². The average molecular weight is 343 g/mol. The van der Waals surface area contributed by atoms with Gasteiger partial charge >= 0.3 is 0 Å². The van der Waals surface area contributed by atoms with Crippen molar-refractivity contribution in [2.24, 2.45) is 0 Å². The lowest BCUT2D eigenvalue weighted by molar-refractivity contribution is -0.130. The van der Waals surface area contributed by atoms with Gasteiger partial charge in [-0.25, -0.2) is 0 Å². The van der Waals surface area contributed by atoms with E-state index in [4.69, 9.17) is 0 Å². The minimum Gasteiger partial charge on any atom is -0.353 e. The number of nitrogens with one attached hydrogen (secondary N) is 1. The van der Waals surface area contributed by atoms with Gasteiger partial charge in [0.1, 0.15) is 0 Å². The van der Waals surface area contributed by atoms with Crippen LogP contribution in [0.4, 0.5) is 0 Å². The zero-order valence-corrected chi connectivity index (χ0v) is 14.2. The van der Waals surface area contributed by atoms with Crippen molar-refractivity contribution >= 4 is 23.6 Å². The molecule has 2 aliphatic heterocycles. The Balaban J connectivity index is 1.48. The fourth-order valence-corrected chi connectivity index (χ4v) is 3.29. The minimum atomic E-state index is -0.344. The molecule has 0 unspecified atom stereocenters. The average Bonchev–Trinajstić information content (AvgIpc) is 2.85. The Morgan fingerprint density at radius 3 is 2.16 bits per heavy atom. The molecule has 25 heavy (non-hydrogen) atoms. The molecule has 0 bridgehead atoms. The van der Waals surface area contributed by atoms with E-state index in [2.05, 4.69) is 5.32 Å². The van der Waals surface area contributed by atoms with Crippen LogP contribution < -0.4 is 5.32 Å². The van der Waals surface area contributed by atoms with E-state index in [0.29, 0.717) is 24.2 Å². The molecule has 1 aromatic rings. The standard InChI is InChI=1S/C18H21N3O4/c1-12(22)20-9-6-13(7-10-20)19-16(23)8-11-21-17(24)14-4-2-3-5-15(14)18(21)25/h2-5,13H,6-11H2,1H3,(H,19,23). The van der Waals surface area contributed by atoms with Gasteiger partial charge < -0.3 is 10.2 Å². The fourth-order valence-electron chi connectivity index (χ4n) is 3.29. The summed E-state index contributed by atoms with van der Waals surface area (Å²) in [6.07, 6.45) is 1.52. The van der Waals surface area contributed by atoms with Gasteiger partial charge in [0.2, 0.25) is 11.8 Å². The van der Waals surface area contributed by atoms with Crippen molar-refractivity contribution in [2.75, 3.05) is 19.6 Å². The lowest BCUT2D eigenvalue weighted by Gasteiger charge is -2.31. The van der Waals surface area contributed by atoms with Crippen LogP contribution in [0.5, 0.6) is 0 Å². The summed E-state index contributed by atoms with van der Waals surface area (Å²) in [5.41, 5.74) is 0.786. The van der Waals surface area contributed by atoms with E-state index in [9.17, 15) is 19.2 Å². The highest BCUT2D eigenvalue weighted by Gasteiger charge is 2.35. The van der Waals surface area contributed by atoms with Gasteiger partial charge in [-0.05, 0) is 25.0 Å². The minimum absolute atomic E-state index is 0.0327. The molecule has 0 saturated carbocycles. The summed E-state index contributed by atoms with van der Waals surface area (Å²) in [5.74, 6) is -0.820. The Kier molecular flexibility index (Phi) is 4.83. The number of imide groups is 1. The van der Waals surface area contributed by atoms with Crippen LogP contribution in [0.15, 0.2) is 24.3 Å². The van der Waals surface area contributed by atoms with Crippen LogP contribution in [0.25, 0.3) is 0 Å². The monoisotopic (exact) mass is 343 g/mol. The number of nitrogens with zero attached hydrogens (tertiary/aromatic N) is 2. The van der Waals surface area contributed by atoms with Crippen LogP contribution >= 0.6 is 0 Å². The number of fused-ring (bicyclic) bond motifs is 1. The molecule has 3 rings (SSSR count). The molecule has 7 heteroatoms. The third-order valence-electron chi connectivity index (χ3n) is 4.75. The van der Waals surface area contributed by atoms with Crippen molar-refractivity contribution in [3.63, 3.8) is 0 Å². The topological polar surface area (TPSA) is 86.8 Å². The van der Waals surface area contributed by atoms with E-state index in [1.807, 2.05) is 0 Å². The normalized spacial score (nSPS) is 17.6. The second-order valence-electron chi connectivity index (χ2n) is 6.41. The molecule has 1 fully saturated rings. The predicted molar refractivity (Wildman–Crippen MR) is 89.8 cm³/mol. The van der Waals surface area contributed by atoms with Crippen molar-refractivity contribution in [1.82, 2.24) is 15.1 Å². The maximum Gasteiger partial charge on any atom is 0.261 e. The Morgan fingerprint density at radius 2 is 1.64 bits per heavy atom. The fraction of sp³-hybridized carbons (Fsp3) is 0.444. The van der Waals surface area contributed by atoms with Crippen LogP contribution in [0.1, 0.15) is 46.9 Å². The molecule has 2 aliphatic rings. The van der Waals surface area contributed by atoms with E-state index < -0.39 is 0 Å². The molecule has 4 amide bonds. The molecule has 1 aromatic carbocycles. The maximum absolute atomic E-state index is 12.2. The second kappa shape index (κ2) is 7.04. The first-order valence-corrected chi connectivity index (χ1v) is 8.47. The van der Waals surface area contributed by atoms with Gasteiger partial charge in [-0.15, -0.1) is 0 Å². The number of piperidine rings is 1. The van der Waals surface area contributed by atoms with Crippen molar-refractivity contribution < 1.29 is 19.2 Å². The van der Waals surface area contributed by atoms with Gasteiger partial charge in [0, 0.05) is 39.0 Å². The van der Waals surface area contributed by atoms with Crippen LogP contribution in [-0.2, 0) is 9.59 Å². The van der Waals surface area contributed by atoms with E-state index in [-0.39, 0.29) is 42.6 Å². The summed E-state index contributed by atoms with van der Waals surface area (Å²) in [5, 5.41) is 2.93. The Labute approximate surface area is 146 Å². The van der Waals surface area contributed by atoms with Crippen LogP contribution in [0.2, 0.25) is 0 Å². The summed E-state index contributed by atoms with van der Waals surface area (Å²) < 4.78 is 0. The molecule has 0 aliphatic carbocycles. The van der Waals surface area contributed by atoms with E-state index >= 15 is 0 Å². The largest absolute Gasteiger partial charge is 0.353 e. The number of hydrogen-bond acceptors (Lipinski definition) is 4. The molecule has 132 valence electrons. The second-order valence-corrected chi connectivity index (χ2v) is 6.41. The summed E-state index contributed by atoms with van der Waals surface area (Å²) in [7, 11) is 0. The summed E-state index contributed by atoms with van der Waals surface area (Å²) in [6, 6.07) is 6.71. The third-order valence-corrected chi connectivity index (χ3v) is 4.75. The highest BCUT2D eigenvalue weighted by atomic mass is 16.2. The number of likely N-dealkylation sites (tertiary alicyclic amines) is 1. The molecular formula is C18H21N3O4. The van der Waals surface area contributed by atoms with Crippen LogP contribution in [0.3, 0.4) is 0 Å². The molecule has 7 nitrogen and oxygen atoms in total. The number of carbonyl (C=O) groups is 4. The van der Waals surface area contributed by atoms with E-state index in [1.54, 1.807) is 36.1 Å². The van der Waals surface area contributed by atoms with Gasteiger partial charge in [-0.2, -0.15) is 0 Å². The Morgan fingerprint density at radius 1 is 1.08 bits per heavy atom. The van der Waals surface area contributed by atoms with Crippen LogP contribution in [-0.4, -0.2) is 59.1 Å². The molecular weight excluding hydrogens is 322 g/mol. The zero-order valence-electron chi connectivity index (χ0n) is 14.2. The Hall–Kier alpha value is -2.70. The molecule has 1 N–H and O–H groups in total. The molecule has 0 aromatic heterocycles. The van der Waals surface area contributed by atoms with Crippen molar-refractivity contribution in [1.29, 1.82) is 0 Å². The lowest BCUT2D eigenvalue weighted by Crippen LogP contribution is -2.46. The van der Waals surface area contributed by atoms with Gasteiger partial charge in [-0.1, -0.05) is 12.1 Å². The van der Waals surface area contributed by atoms with Gasteiger partial charge in [-0.3, -0.25) is 24.1 Å². The first-order valence-electron chi connectivity index (χ1n) is 8.47. The summed E-state index contributed by atoms with van der Waals surface area (Å²) in [4.78, 5) is 50.8. The summed E-state index contributed by atoms with van der Waals surface area (Å²) in [6.45, 7) is 2.89. The van der Waals surface area contributed by atoms with Crippen LogP contribution in [0, 0.1) is 0 Å².